The van der Waals surface area contributed by atoms with Crippen molar-refractivity contribution in [3.63, 3.8) is 0 Å². The van der Waals surface area contributed by atoms with E-state index in [9.17, 15) is 9.59 Å². The molecule has 0 saturated carbocycles. The lowest BCUT2D eigenvalue weighted by atomic mass is 10.1. The molecule has 1 atom stereocenters. The normalized spacial score (nSPS) is 19.5. The number of rotatable bonds is 6. The molecule has 2 N–H and O–H groups in total. The van der Waals surface area contributed by atoms with Crippen LogP contribution in [0.5, 0.6) is 0 Å². The van der Waals surface area contributed by atoms with Crippen LogP contribution in [0.25, 0.3) is 0 Å². The van der Waals surface area contributed by atoms with Gasteiger partial charge >= 0.3 is 0 Å². The van der Waals surface area contributed by atoms with Gasteiger partial charge in [-0.15, -0.1) is 0 Å². The van der Waals surface area contributed by atoms with Gasteiger partial charge < -0.3 is 15.4 Å². The largest absolute Gasteiger partial charge is 0.382 e. The Labute approximate surface area is 118 Å². The summed E-state index contributed by atoms with van der Waals surface area (Å²) in [4.78, 5) is 24.3. The molecule has 0 spiro atoms. The Kier molecular flexibility index (Phi) is 6.72. The van der Waals surface area contributed by atoms with E-state index in [0.717, 1.165) is 11.3 Å². The van der Waals surface area contributed by atoms with E-state index in [-0.39, 0.29) is 11.8 Å². The maximum Gasteiger partial charge on any atom is 0.251 e. The first-order chi connectivity index (χ1) is 9.06. The summed E-state index contributed by atoms with van der Waals surface area (Å²) in [5, 5.41) is 6.41. The molecule has 1 unspecified atom stereocenters. The zero-order chi connectivity index (χ0) is 14.3. The van der Waals surface area contributed by atoms with E-state index in [0.29, 0.717) is 37.7 Å². The van der Waals surface area contributed by atoms with Crippen LogP contribution in [-0.2, 0) is 14.3 Å². The zero-order valence-corrected chi connectivity index (χ0v) is 12.2. The number of carbonyl (C=O) groups excluding carboxylic acids is 2. The van der Waals surface area contributed by atoms with Crippen molar-refractivity contribution < 1.29 is 14.3 Å². The molecule has 1 fully saturated rings. The van der Waals surface area contributed by atoms with Crippen LogP contribution in [-0.4, -0.2) is 54.7 Å². The van der Waals surface area contributed by atoms with Crippen molar-refractivity contribution in [3.05, 3.63) is 0 Å². The third kappa shape index (κ3) is 5.12. The Morgan fingerprint density at radius 2 is 2.26 bits per heavy atom. The molecule has 1 aliphatic heterocycles. The van der Waals surface area contributed by atoms with Crippen LogP contribution in [0.3, 0.4) is 0 Å². The minimum Gasteiger partial charge on any atom is -0.382 e. The number of nitrogens with zero attached hydrogens (tertiary/aromatic N) is 1. The molecular formula is C12H21N3O3S. The number of thiocarbonyl (C=S) groups is 1. The fraction of sp³-hybridized carbons (Fsp3) is 0.750. The van der Waals surface area contributed by atoms with E-state index in [1.54, 1.807) is 0 Å². The van der Waals surface area contributed by atoms with E-state index in [2.05, 4.69) is 10.6 Å². The minimum atomic E-state index is -0.408. The Balaban J connectivity index is 2.25. The number of amides is 2. The highest BCUT2D eigenvalue weighted by molar-refractivity contribution is 7.80. The van der Waals surface area contributed by atoms with Crippen LogP contribution in [0.1, 0.15) is 26.2 Å². The first-order valence-corrected chi connectivity index (χ1v) is 6.89. The molecule has 1 saturated heterocycles. The molecule has 0 aromatic carbocycles. The molecule has 0 aromatic rings. The number of imide groups is 1. The highest BCUT2D eigenvalue weighted by atomic mass is 32.1. The Hall–Kier alpha value is -1.21. The number of hydrogen-bond donors (Lipinski definition) is 2. The molecule has 0 aromatic heterocycles. The summed E-state index contributed by atoms with van der Waals surface area (Å²) in [6.45, 7) is 4.04. The van der Waals surface area contributed by atoms with Gasteiger partial charge in [0.1, 0.15) is 6.04 Å². The van der Waals surface area contributed by atoms with E-state index >= 15 is 0 Å². The number of likely N-dealkylation sites (tertiary alicyclic amines) is 1. The van der Waals surface area contributed by atoms with E-state index < -0.39 is 6.04 Å². The van der Waals surface area contributed by atoms with Gasteiger partial charge in [-0.2, -0.15) is 0 Å². The van der Waals surface area contributed by atoms with Gasteiger partial charge in [0.05, 0.1) is 0 Å². The van der Waals surface area contributed by atoms with Gasteiger partial charge in [-0.25, -0.2) is 0 Å². The zero-order valence-electron chi connectivity index (χ0n) is 11.4. The number of piperidine rings is 1. The summed E-state index contributed by atoms with van der Waals surface area (Å²) in [6.07, 6.45) is 1.71. The maximum atomic E-state index is 11.8. The second-order valence-electron chi connectivity index (χ2n) is 4.33. The predicted octanol–water partition coefficient (Wildman–Crippen LogP) is 0.0245. The van der Waals surface area contributed by atoms with E-state index in [1.165, 1.54) is 7.05 Å². The number of likely N-dealkylation sites (N-methyl/N-ethyl adjacent to an activating group) is 1. The first-order valence-electron chi connectivity index (χ1n) is 6.48. The fourth-order valence-corrected chi connectivity index (χ4v) is 2.02. The number of ether oxygens (including phenoxy) is 1. The Morgan fingerprint density at radius 3 is 2.95 bits per heavy atom. The van der Waals surface area contributed by atoms with Crippen molar-refractivity contribution in [2.45, 2.75) is 32.2 Å². The predicted molar refractivity (Wildman–Crippen MR) is 75.6 cm³/mol. The molecule has 2 amide bonds. The minimum absolute atomic E-state index is 0.140. The van der Waals surface area contributed by atoms with E-state index in [4.69, 9.17) is 17.0 Å². The molecular weight excluding hydrogens is 266 g/mol. The molecule has 1 heterocycles. The van der Waals surface area contributed by atoms with Gasteiger partial charge in [0, 0.05) is 33.2 Å². The molecule has 0 aliphatic carbocycles. The summed E-state index contributed by atoms with van der Waals surface area (Å²) in [5.74, 6) is -0.367. The van der Waals surface area contributed by atoms with Gasteiger partial charge in [0.25, 0.3) is 5.91 Å². The monoisotopic (exact) mass is 287 g/mol. The lowest BCUT2D eigenvalue weighted by Crippen LogP contribution is -2.54. The average molecular weight is 287 g/mol. The number of hydrogen-bond acceptors (Lipinski definition) is 4. The van der Waals surface area contributed by atoms with Crippen LogP contribution in [0.15, 0.2) is 0 Å². The van der Waals surface area contributed by atoms with Crippen molar-refractivity contribution in [2.24, 2.45) is 0 Å². The van der Waals surface area contributed by atoms with Crippen LogP contribution < -0.4 is 10.6 Å². The van der Waals surface area contributed by atoms with Gasteiger partial charge in [-0.3, -0.25) is 14.5 Å². The van der Waals surface area contributed by atoms with Crippen molar-refractivity contribution >= 4 is 29.1 Å². The molecule has 7 heteroatoms. The summed E-state index contributed by atoms with van der Waals surface area (Å²) in [7, 11) is 1.50. The third-order valence-corrected chi connectivity index (χ3v) is 3.17. The molecule has 6 nitrogen and oxygen atoms in total. The molecule has 1 rings (SSSR count). The molecule has 0 radical (unpaired) electrons. The molecule has 108 valence electrons. The summed E-state index contributed by atoms with van der Waals surface area (Å²) in [5.41, 5.74) is 0. The van der Waals surface area contributed by atoms with Crippen LogP contribution in [0.2, 0.25) is 0 Å². The summed E-state index contributed by atoms with van der Waals surface area (Å²) in [6, 6.07) is -0.408. The molecule has 0 bridgehead atoms. The Morgan fingerprint density at radius 1 is 1.53 bits per heavy atom. The van der Waals surface area contributed by atoms with Gasteiger partial charge in [-0.05, 0) is 32.0 Å². The van der Waals surface area contributed by atoms with Gasteiger partial charge in [-0.1, -0.05) is 0 Å². The number of carbonyl (C=O) groups is 2. The van der Waals surface area contributed by atoms with E-state index in [1.807, 2.05) is 6.92 Å². The third-order valence-electron chi connectivity index (χ3n) is 2.91. The lowest BCUT2D eigenvalue weighted by Gasteiger charge is -2.29. The van der Waals surface area contributed by atoms with Crippen molar-refractivity contribution in [1.29, 1.82) is 0 Å². The SMILES string of the molecule is CCOCCCNC(=S)NC1CCC(=O)N(C)C1=O. The maximum absolute atomic E-state index is 11.8. The van der Waals surface area contributed by atoms with Crippen molar-refractivity contribution in [1.82, 2.24) is 15.5 Å². The second kappa shape index (κ2) is 8.06. The van der Waals surface area contributed by atoms with Crippen LogP contribution in [0, 0.1) is 0 Å². The highest BCUT2D eigenvalue weighted by Gasteiger charge is 2.31. The standard InChI is InChI=1S/C12H21N3O3S/c1-3-18-8-4-7-13-12(19)14-9-5-6-10(16)15(2)11(9)17/h9H,3-8H2,1-2H3,(H2,13,14,19). The summed E-state index contributed by atoms with van der Waals surface area (Å²) < 4.78 is 5.21. The van der Waals surface area contributed by atoms with Crippen molar-refractivity contribution in [3.8, 4) is 0 Å². The average Bonchev–Trinajstić information content (AvgIpc) is 2.39. The van der Waals surface area contributed by atoms with Crippen molar-refractivity contribution in [2.75, 3.05) is 26.8 Å². The van der Waals surface area contributed by atoms with Gasteiger partial charge in [0.2, 0.25) is 5.91 Å². The number of nitrogens with one attached hydrogen (secondary N) is 2. The quantitative estimate of drug-likeness (QED) is 0.408. The fourth-order valence-electron chi connectivity index (χ4n) is 1.78. The summed E-state index contributed by atoms with van der Waals surface area (Å²) >= 11 is 5.12. The van der Waals surface area contributed by atoms with Crippen LogP contribution in [0.4, 0.5) is 0 Å². The first kappa shape index (κ1) is 15.8. The smallest absolute Gasteiger partial charge is 0.251 e. The van der Waals surface area contributed by atoms with Crippen LogP contribution >= 0.6 is 12.2 Å². The topological polar surface area (TPSA) is 70.7 Å². The lowest BCUT2D eigenvalue weighted by molar-refractivity contribution is -0.147. The highest BCUT2D eigenvalue weighted by Crippen LogP contribution is 2.11. The Bertz CT molecular complexity index is 349. The van der Waals surface area contributed by atoms with Gasteiger partial charge in [0.15, 0.2) is 5.11 Å². The molecule has 19 heavy (non-hydrogen) atoms. The second-order valence-corrected chi connectivity index (χ2v) is 4.74. The molecule has 1 aliphatic rings.